The van der Waals surface area contributed by atoms with Crippen LogP contribution in [0, 0.1) is 5.41 Å². The normalized spacial score (nSPS) is 12.0. The van der Waals surface area contributed by atoms with Crippen molar-refractivity contribution < 1.29 is 20.4 Å². The summed E-state index contributed by atoms with van der Waals surface area (Å²) in [7, 11) is 0. The third-order valence-corrected chi connectivity index (χ3v) is 1.79. The maximum atomic E-state index is 8.85. The summed E-state index contributed by atoms with van der Waals surface area (Å²) < 4.78 is 0. The van der Waals surface area contributed by atoms with E-state index in [0.717, 1.165) is 0 Å². The zero-order chi connectivity index (χ0) is 9.45. The number of aliphatic hydroxyl groups excluding tert-OH is 4. The molecule has 0 aromatic carbocycles. The van der Waals surface area contributed by atoms with Gasteiger partial charge in [0.25, 0.3) is 0 Å². The van der Waals surface area contributed by atoms with Gasteiger partial charge in [-0.05, 0) is 0 Å². The zero-order valence-corrected chi connectivity index (χ0v) is 7.03. The monoisotopic (exact) mass is 179 g/mol. The van der Waals surface area contributed by atoms with Crippen LogP contribution in [0.15, 0.2) is 0 Å². The molecule has 0 saturated carbocycles. The highest BCUT2D eigenvalue weighted by molar-refractivity contribution is 4.79. The predicted octanol–water partition coefficient (Wildman–Crippen LogP) is -2.47. The molecule has 12 heavy (non-hydrogen) atoms. The molecule has 0 atom stereocenters. The van der Waals surface area contributed by atoms with E-state index in [1.807, 2.05) is 0 Å². The van der Waals surface area contributed by atoms with E-state index in [1.54, 1.807) is 0 Å². The van der Waals surface area contributed by atoms with Gasteiger partial charge in [0.15, 0.2) is 0 Å². The summed E-state index contributed by atoms with van der Waals surface area (Å²) >= 11 is 0. The molecule has 0 aliphatic rings. The zero-order valence-electron chi connectivity index (χ0n) is 7.03. The maximum Gasteiger partial charge on any atom is 0.0555 e. The van der Waals surface area contributed by atoms with Gasteiger partial charge in [0, 0.05) is 13.1 Å². The first-order chi connectivity index (χ1) is 5.74. The summed E-state index contributed by atoms with van der Waals surface area (Å²) in [6.45, 7) is -0.160. The first-order valence-electron chi connectivity index (χ1n) is 3.89. The molecule has 5 N–H and O–H groups in total. The van der Waals surface area contributed by atoms with Crippen molar-refractivity contribution >= 4 is 0 Å². The molecule has 5 heteroatoms. The van der Waals surface area contributed by atoms with Gasteiger partial charge in [-0.3, -0.25) is 0 Å². The molecular formula is C7H17NO4. The molecule has 0 rings (SSSR count). The molecule has 0 fully saturated rings. The van der Waals surface area contributed by atoms with Crippen LogP contribution in [0.1, 0.15) is 0 Å². The second-order valence-corrected chi connectivity index (χ2v) is 2.87. The van der Waals surface area contributed by atoms with Crippen LogP contribution in [-0.4, -0.2) is 59.9 Å². The van der Waals surface area contributed by atoms with Gasteiger partial charge in [-0.1, -0.05) is 0 Å². The largest absolute Gasteiger partial charge is 0.396 e. The second kappa shape index (κ2) is 6.33. The van der Waals surface area contributed by atoms with E-state index in [0.29, 0.717) is 6.54 Å². The van der Waals surface area contributed by atoms with E-state index >= 15 is 0 Å². The van der Waals surface area contributed by atoms with Gasteiger partial charge < -0.3 is 25.7 Å². The van der Waals surface area contributed by atoms with Crippen molar-refractivity contribution in [1.29, 1.82) is 0 Å². The van der Waals surface area contributed by atoms with Gasteiger partial charge >= 0.3 is 0 Å². The molecule has 0 unspecified atom stereocenters. The highest BCUT2D eigenvalue weighted by atomic mass is 16.3. The first kappa shape index (κ1) is 11.8. The smallest absolute Gasteiger partial charge is 0.0555 e. The fourth-order valence-electron chi connectivity index (χ4n) is 0.750. The van der Waals surface area contributed by atoms with Crippen LogP contribution < -0.4 is 5.32 Å². The summed E-state index contributed by atoms with van der Waals surface area (Å²) in [5, 5.41) is 37.8. The van der Waals surface area contributed by atoms with Crippen molar-refractivity contribution in [3.63, 3.8) is 0 Å². The van der Waals surface area contributed by atoms with Crippen LogP contribution in [0.3, 0.4) is 0 Å². The van der Waals surface area contributed by atoms with Crippen molar-refractivity contribution in [2.75, 3.05) is 39.5 Å². The Bertz CT molecular complexity index is 97.3. The molecule has 0 aliphatic heterocycles. The van der Waals surface area contributed by atoms with Crippen LogP contribution in [0.5, 0.6) is 0 Å². The first-order valence-corrected chi connectivity index (χ1v) is 3.89. The van der Waals surface area contributed by atoms with E-state index in [9.17, 15) is 0 Å². The Morgan fingerprint density at radius 1 is 0.917 bits per heavy atom. The molecule has 0 radical (unpaired) electrons. The molecule has 0 aromatic rings. The van der Waals surface area contributed by atoms with E-state index in [2.05, 4.69) is 5.32 Å². The van der Waals surface area contributed by atoms with Crippen molar-refractivity contribution in [3.8, 4) is 0 Å². The highest BCUT2D eigenvalue weighted by Gasteiger charge is 2.27. The number of aliphatic hydroxyl groups is 4. The minimum atomic E-state index is -0.880. The van der Waals surface area contributed by atoms with Crippen LogP contribution in [-0.2, 0) is 0 Å². The summed E-state index contributed by atoms with van der Waals surface area (Å²) in [5.41, 5.74) is -0.880. The van der Waals surface area contributed by atoms with Crippen LogP contribution in [0.25, 0.3) is 0 Å². The molecule has 0 heterocycles. The molecule has 0 aliphatic carbocycles. The van der Waals surface area contributed by atoms with Gasteiger partial charge in [0.1, 0.15) is 0 Å². The van der Waals surface area contributed by atoms with Crippen LogP contribution in [0.4, 0.5) is 0 Å². The van der Waals surface area contributed by atoms with E-state index in [4.69, 9.17) is 20.4 Å². The van der Waals surface area contributed by atoms with Gasteiger partial charge in [0.05, 0.1) is 31.8 Å². The Morgan fingerprint density at radius 2 is 1.42 bits per heavy atom. The maximum absolute atomic E-state index is 8.85. The van der Waals surface area contributed by atoms with E-state index in [1.165, 1.54) is 0 Å². The third-order valence-electron chi connectivity index (χ3n) is 1.79. The molecule has 5 nitrogen and oxygen atoms in total. The average molecular weight is 179 g/mol. The number of rotatable bonds is 7. The highest BCUT2D eigenvalue weighted by Crippen LogP contribution is 2.12. The van der Waals surface area contributed by atoms with Gasteiger partial charge in [0.2, 0.25) is 0 Å². The molecule has 0 saturated heterocycles. The Labute approximate surface area is 71.7 Å². The van der Waals surface area contributed by atoms with Crippen molar-refractivity contribution in [3.05, 3.63) is 0 Å². The quantitative estimate of drug-likeness (QED) is 0.279. The fraction of sp³-hybridized carbons (Fsp3) is 1.00. The van der Waals surface area contributed by atoms with Gasteiger partial charge in [-0.2, -0.15) is 0 Å². The Hall–Kier alpha value is -0.200. The molecular weight excluding hydrogens is 162 g/mol. The molecule has 0 bridgehead atoms. The van der Waals surface area contributed by atoms with E-state index < -0.39 is 5.41 Å². The summed E-state index contributed by atoms with van der Waals surface area (Å²) in [6, 6.07) is 0. The third kappa shape index (κ3) is 3.46. The lowest BCUT2D eigenvalue weighted by molar-refractivity contribution is 0.00594. The summed E-state index contributed by atoms with van der Waals surface area (Å²) in [5.74, 6) is 0. The van der Waals surface area contributed by atoms with Crippen LogP contribution in [0.2, 0.25) is 0 Å². The lowest BCUT2D eigenvalue weighted by Gasteiger charge is -2.27. The molecule has 74 valence electrons. The Kier molecular flexibility index (Phi) is 6.23. The lowest BCUT2D eigenvalue weighted by atomic mass is 9.91. The molecule has 0 aromatic heterocycles. The number of nitrogens with one attached hydrogen (secondary N) is 1. The Morgan fingerprint density at radius 3 is 1.75 bits per heavy atom. The minimum Gasteiger partial charge on any atom is -0.396 e. The molecule has 0 spiro atoms. The second-order valence-electron chi connectivity index (χ2n) is 2.87. The predicted molar refractivity (Wildman–Crippen MR) is 43.6 cm³/mol. The Balaban J connectivity index is 3.76. The van der Waals surface area contributed by atoms with Gasteiger partial charge in [-0.25, -0.2) is 0 Å². The van der Waals surface area contributed by atoms with E-state index in [-0.39, 0.29) is 33.0 Å². The molecule has 0 amide bonds. The fourth-order valence-corrected chi connectivity index (χ4v) is 0.750. The lowest BCUT2D eigenvalue weighted by Crippen LogP contribution is -2.44. The van der Waals surface area contributed by atoms with Gasteiger partial charge in [-0.15, -0.1) is 0 Å². The van der Waals surface area contributed by atoms with Crippen LogP contribution >= 0.6 is 0 Å². The standard InChI is InChI=1S/C7H17NO4/c9-2-1-8-3-7(4-10,5-11)6-12/h8-12H,1-6H2. The van der Waals surface area contributed by atoms with Crippen molar-refractivity contribution in [2.45, 2.75) is 0 Å². The topological polar surface area (TPSA) is 93.0 Å². The summed E-state index contributed by atoms with van der Waals surface area (Å²) in [4.78, 5) is 0. The average Bonchev–Trinajstić information content (AvgIpc) is 2.14. The minimum absolute atomic E-state index is 0.00162. The summed E-state index contributed by atoms with van der Waals surface area (Å²) in [6.07, 6.45) is 0. The van der Waals surface area contributed by atoms with Crippen molar-refractivity contribution in [2.24, 2.45) is 5.41 Å². The number of hydrogen-bond donors (Lipinski definition) is 5. The SMILES string of the molecule is OCCNCC(CO)(CO)CO. The number of hydrogen-bond acceptors (Lipinski definition) is 5. The van der Waals surface area contributed by atoms with Crippen molar-refractivity contribution in [1.82, 2.24) is 5.32 Å².